The van der Waals surface area contributed by atoms with Crippen molar-refractivity contribution in [2.45, 2.75) is 19.9 Å². The van der Waals surface area contributed by atoms with Crippen molar-refractivity contribution in [3.05, 3.63) is 24.0 Å². The van der Waals surface area contributed by atoms with Crippen molar-refractivity contribution in [3.63, 3.8) is 0 Å². The number of hydrogen-bond donors (Lipinski definition) is 1. The summed E-state index contributed by atoms with van der Waals surface area (Å²) in [5, 5.41) is 2.58. The normalized spacial score (nSPS) is 10.3. The molecule has 0 bridgehead atoms. The molecule has 3 heteroatoms. The second kappa shape index (κ2) is 3.43. The SMILES string of the molecule is CNC(=O)c1c[c]cn1C(C)C. The quantitative estimate of drug-likeness (QED) is 0.702. The van der Waals surface area contributed by atoms with E-state index in [1.54, 1.807) is 19.3 Å². The third kappa shape index (κ3) is 1.49. The van der Waals surface area contributed by atoms with Crippen LogP contribution < -0.4 is 5.32 Å². The fourth-order valence-corrected chi connectivity index (χ4v) is 1.08. The molecule has 0 saturated carbocycles. The fraction of sp³-hybridized carbons (Fsp3) is 0.444. The monoisotopic (exact) mass is 165 g/mol. The molecule has 1 heterocycles. The highest BCUT2D eigenvalue weighted by molar-refractivity contribution is 5.92. The van der Waals surface area contributed by atoms with E-state index in [9.17, 15) is 4.79 Å². The van der Waals surface area contributed by atoms with Crippen molar-refractivity contribution >= 4 is 5.91 Å². The molecule has 1 rings (SSSR count). The van der Waals surface area contributed by atoms with Crippen LogP contribution in [0.25, 0.3) is 0 Å². The number of aromatic nitrogens is 1. The van der Waals surface area contributed by atoms with E-state index >= 15 is 0 Å². The van der Waals surface area contributed by atoms with Gasteiger partial charge in [-0.05, 0) is 19.9 Å². The molecule has 65 valence electrons. The van der Waals surface area contributed by atoms with Gasteiger partial charge in [0.1, 0.15) is 5.69 Å². The van der Waals surface area contributed by atoms with Gasteiger partial charge in [-0.3, -0.25) is 4.79 Å². The van der Waals surface area contributed by atoms with E-state index in [0.717, 1.165) is 0 Å². The van der Waals surface area contributed by atoms with Gasteiger partial charge in [0, 0.05) is 25.4 Å². The number of carbonyl (C=O) groups excluding carboxylic acids is 1. The van der Waals surface area contributed by atoms with Crippen LogP contribution in [0.3, 0.4) is 0 Å². The van der Waals surface area contributed by atoms with E-state index in [2.05, 4.69) is 11.4 Å². The van der Waals surface area contributed by atoms with Crippen molar-refractivity contribution in [1.82, 2.24) is 9.88 Å². The van der Waals surface area contributed by atoms with Gasteiger partial charge in [-0.1, -0.05) is 0 Å². The van der Waals surface area contributed by atoms with Crippen LogP contribution in [0.2, 0.25) is 0 Å². The number of rotatable bonds is 2. The number of hydrogen-bond acceptors (Lipinski definition) is 1. The maximum atomic E-state index is 11.2. The first kappa shape index (κ1) is 8.84. The lowest BCUT2D eigenvalue weighted by Gasteiger charge is -2.10. The van der Waals surface area contributed by atoms with E-state index in [1.807, 2.05) is 18.4 Å². The molecule has 1 radical (unpaired) electrons. The molecule has 0 unspecified atom stereocenters. The van der Waals surface area contributed by atoms with Crippen LogP contribution in [-0.4, -0.2) is 17.5 Å². The van der Waals surface area contributed by atoms with Gasteiger partial charge in [0.15, 0.2) is 0 Å². The van der Waals surface area contributed by atoms with E-state index in [1.165, 1.54) is 0 Å². The summed E-state index contributed by atoms with van der Waals surface area (Å²) in [7, 11) is 1.62. The van der Waals surface area contributed by atoms with Crippen LogP contribution in [0.4, 0.5) is 0 Å². The first-order chi connectivity index (χ1) is 5.66. The van der Waals surface area contributed by atoms with Gasteiger partial charge >= 0.3 is 0 Å². The second-order valence-corrected chi connectivity index (χ2v) is 2.91. The maximum Gasteiger partial charge on any atom is 0.267 e. The van der Waals surface area contributed by atoms with Crippen molar-refractivity contribution in [1.29, 1.82) is 0 Å². The largest absolute Gasteiger partial charge is 0.354 e. The van der Waals surface area contributed by atoms with Crippen molar-refractivity contribution in [2.24, 2.45) is 0 Å². The zero-order chi connectivity index (χ0) is 9.14. The van der Waals surface area contributed by atoms with Gasteiger partial charge in [0.25, 0.3) is 5.91 Å². The topological polar surface area (TPSA) is 34.0 Å². The van der Waals surface area contributed by atoms with Crippen LogP contribution in [0.1, 0.15) is 30.4 Å². The Kier molecular flexibility index (Phi) is 2.53. The lowest BCUT2D eigenvalue weighted by molar-refractivity contribution is 0.0952. The van der Waals surface area contributed by atoms with Crippen LogP contribution in [0, 0.1) is 6.07 Å². The molecule has 0 aliphatic rings. The van der Waals surface area contributed by atoms with Gasteiger partial charge in [-0.25, -0.2) is 0 Å². The molecule has 0 saturated heterocycles. The first-order valence-electron chi connectivity index (χ1n) is 3.96. The predicted octanol–water partition coefficient (Wildman–Crippen LogP) is 1.23. The Morgan fingerprint density at radius 2 is 2.33 bits per heavy atom. The summed E-state index contributed by atoms with van der Waals surface area (Å²) < 4.78 is 1.89. The second-order valence-electron chi connectivity index (χ2n) is 2.91. The molecule has 3 nitrogen and oxygen atoms in total. The fourth-order valence-electron chi connectivity index (χ4n) is 1.08. The van der Waals surface area contributed by atoms with E-state index in [4.69, 9.17) is 0 Å². The van der Waals surface area contributed by atoms with E-state index < -0.39 is 0 Å². The minimum atomic E-state index is -0.0649. The Balaban J connectivity index is 2.99. The molecule has 1 amide bonds. The average molecular weight is 165 g/mol. The van der Waals surface area contributed by atoms with Gasteiger partial charge in [0.2, 0.25) is 0 Å². The standard InChI is InChI=1S/C9H13N2O/c1-7(2)11-6-4-5-8(11)9(12)10-3/h5-7H,1-3H3,(H,10,12). The number of amides is 1. The first-order valence-corrected chi connectivity index (χ1v) is 3.96. The average Bonchev–Trinajstić information content (AvgIpc) is 2.50. The molecule has 0 spiro atoms. The Hall–Kier alpha value is -1.25. The summed E-state index contributed by atoms with van der Waals surface area (Å²) in [6, 6.07) is 4.89. The van der Waals surface area contributed by atoms with Crippen LogP contribution in [0.5, 0.6) is 0 Å². The molecule has 1 aromatic heterocycles. The van der Waals surface area contributed by atoms with Crippen molar-refractivity contribution in [2.75, 3.05) is 7.05 Å². The minimum absolute atomic E-state index is 0.0649. The van der Waals surface area contributed by atoms with Crippen LogP contribution in [-0.2, 0) is 0 Å². The summed E-state index contributed by atoms with van der Waals surface area (Å²) in [5.74, 6) is -0.0649. The van der Waals surface area contributed by atoms with Gasteiger partial charge in [0.05, 0.1) is 0 Å². The molecule has 0 aliphatic heterocycles. The van der Waals surface area contributed by atoms with Gasteiger partial charge < -0.3 is 9.88 Å². The summed E-state index contributed by atoms with van der Waals surface area (Å²) in [4.78, 5) is 11.2. The molecule has 0 atom stereocenters. The highest BCUT2D eigenvalue weighted by Crippen LogP contribution is 2.09. The third-order valence-electron chi connectivity index (χ3n) is 1.73. The summed E-state index contributed by atoms with van der Waals surface area (Å²) in [6.45, 7) is 4.06. The highest BCUT2D eigenvalue weighted by Gasteiger charge is 2.09. The minimum Gasteiger partial charge on any atom is -0.354 e. The number of nitrogens with zero attached hydrogens (tertiary/aromatic N) is 1. The van der Waals surface area contributed by atoms with Crippen molar-refractivity contribution in [3.8, 4) is 0 Å². The Morgan fingerprint density at radius 3 is 2.83 bits per heavy atom. The summed E-state index contributed by atoms with van der Waals surface area (Å²) >= 11 is 0. The van der Waals surface area contributed by atoms with Gasteiger partial charge in [-0.2, -0.15) is 0 Å². The predicted molar refractivity (Wildman–Crippen MR) is 47.0 cm³/mol. The molecule has 0 fully saturated rings. The lowest BCUT2D eigenvalue weighted by Crippen LogP contribution is -2.22. The maximum absolute atomic E-state index is 11.2. The Labute approximate surface area is 72.4 Å². The summed E-state index contributed by atoms with van der Waals surface area (Å²) in [6.07, 6.45) is 1.79. The molecule has 0 aliphatic carbocycles. The zero-order valence-corrected chi connectivity index (χ0v) is 7.59. The number of nitrogens with one attached hydrogen (secondary N) is 1. The molecular weight excluding hydrogens is 152 g/mol. The van der Waals surface area contributed by atoms with E-state index in [-0.39, 0.29) is 5.91 Å². The molecule has 0 aromatic carbocycles. The Morgan fingerprint density at radius 1 is 1.67 bits per heavy atom. The molecule has 12 heavy (non-hydrogen) atoms. The van der Waals surface area contributed by atoms with E-state index in [0.29, 0.717) is 11.7 Å². The molecule has 1 N–H and O–H groups in total. The lowest BCUT2D eigenvalue weighted by atomic mass is 10.3. The zero-order valence-electron chi connectivity index (χ0n) is 7.59. The Bertz CT molecular complexity index is 276. The van der Waals surface area contributed by atoms with Crippen LogP contribution in [0.15, 0.2) is 12.3 Å². The smallest absolute Gasteiger partial charge is 0.267 e. The van der Waals surface area contributed by atoms with Gasteiger partial charge in [-0.15, -0.1) is 0 Å². The van der Waals surface area contributed by atoms with Crippen molar-refractivity contribution < 1.29 is 4.79 Å². The molecular formula is C9H13N2O. The summed E-state index contributed by atoms with van der Waals surface area (Å²) in [5.41, 5.74) is 0.660. The molecule has 1 aromatic rings. The number of carbonyl (C=O) groups is 1. The van der Waals surface area contributed by atoms with Crippen LogP contribution >= 0.6 is 0 Å². The highest BCUT2D eigenvalue weighted by atomic mass is 16.1. The third-order valence-corrected chi connectivity index (χ3v) is 1.73.